The minimum absolute atomic E-state index is 0.380. The molecule has 4 heteroatoms. The van der Waals surface area contributed by atoms with Gasteiger partial charge in [0.25, 0.3) is 0 Å². The first-order chi connectivity index (χ1) is 6.69. The Hall–Kier alpha value is -1.26. The Labute approximate surface area is 84.1 Å². The Morgan fingerprint density at radius 3 is 2.64 bits per heavy atom. The van der Waals surface area contributed by atoms with Crippen molar-refractivity contribution < 1.29 is 9.94 Å². The first kappa shape index (κ1) is 10.8. The lowest BCUT2D eigenvalue weighted by molar-refractivity contribution is 0.160. The fourth-order valence-electron chi connectivity index (χ4n) is 1.27. The molecule has 0 atom stereocenters. The SMILES string of the molecule is COc1ccc(N(C)C)cc1CNO. The summed E-state index contributed by atoms with van der Waals surface area (Å²) in [6.07, 6.45) is 0. The van der Waals surface area contributed by atoms with Gasteiger partial charge in [0, 0.05) is 31.9 Å². The van der Waals surface area contributed by atoms with Crippen molar-refractivity contribution in [3.63, 3.8) is 0 Å². The zero-order chi connectivity index (χ0) is 10.6. The molecule has 1 rings (SSSR count). The van der Waals surface area contributed by atoms with Crippen LogP contribution in [0, 0.1) is 0 Å². The number of hydroxylamine groups is 1. The van der Waals surface area contributed by atoms with Gasteiger partial charge in [0.15, 0.2) is 0 Å². The quantitative estimate of drug-likeness (QED) is 0.711. The number of methoxy groups -OCH3 is 1. The molecule has 0 heterocycles. The Balaban J connectivity index is 3.01. The van der Waals surface area contributed by atoms with Gasteiger partial charge >= 0.3 is 0 Å². The molecule has 0 bridgehead atoms. The highest BCUT2D eigenvalue weighted by Crippen LogP contribution is 2.23. The van der Waals surface area contributed by atoms with Gasteiger partial charge in [-0.05, 0) is 18.2 Å². The molecule has 1 aromatic carbocycles. The molecule has 2 N–H and O–H groups in total. The largest absolute Gasteiger partial charge is 0.496 e. The smallest absolute Gasteiger partial charge is 0.123 e. The van der Waals surface area contributed by atoms with Gasteiger partial charge in [0.05, 0.1) is 7.11 Å². The molecule has 0 aliphatic rings. The summed E-state index contributed by atoms with van der Waals surface area (Å²) in [6.45, 7) is 0.380. The summed E-state index contributed by atoms with van der Waals surface area (Å²) >= 11 is 0. The van der Waals surface area contributed by atoms with E-state index in [0.29, 0.717) is 6.54 Å². The van der Waals surface area contributed by atoms with Crippen LogP contribution in [0.25, 0.3) is 0 Å². The summed E-state index contributed by atoms with van der Waals surface area (Å²) in [6, 6.07) is 5.84. The van der Waals surface area contributed by atoms with E-state index in [-0.39, 0.29) is 0 Å². The maximum absolute atomic E-state index is 8.65. The highest BCUT2D eigenvalue weighted by Gasteiger charge is 2.04. The first-order valence-corrected chi connectivity index (χ1v) is 4.40. The number of nitrogens with zero attached hydrogens (tertiary/aromatic N) is 1. The predicted octanol–water partition coefficient (Wildman–Crippen LogP) is 1.24. The van der Waals surface area contributed by atoms with Crippen LogP contribution in [0.3, 0.4) is 0 Å². The normalized spacial score (nSPS) is 10.0. The molecular formula is C10H16N2O2. The first-order valence-electron chi connectivity index (χ1n) is 4.40. The average Bonchev–Trinajstić information content (AvgIpc) is 2.18. The fraction of sp³-hybridized carbons (Fsp3) is 0.400. The van der Waals surface area contributed by atoms with Gasteiger partial charge in [-0.1, -0.05) is 0 Å². The lowest BCUT2D eigenvalue weighted by Crippen LogP contribution is -2.11. The zero-order valence-corrected chi connectivity index (χ0v) is 8.74. The summed E-state index contributed by atoms with van der Waals surface area (Å²) in [5.41, 5.74) is 4.14. The van der Waals surface area contributed by atoms with Crippen LogP contribution in [0.4, 0.5) is 5.69 Å². The summed E-state index contributed by atoms with van der Waals surface area (Å²) in [4.78, 5) is 2.00. The Bertz CT molecular complexity index is 300. The van der Waals surface area contributed by atoms with Crippen molar-refractivity contribution in [3.8, 4) is 5.75 Å². The van der Waals surface area contributed by atoms with Crippen LogP contribution in [0.15, 0.2) is 18.2 Å². The second-order valence-electron chi connectivity index (χ2n) is 3.23. The maximum atomic E-state index is 8.65. The monoisotopic (exact) mass is 196 g/mol. The molecular weight excluding hydrogens is 180 g/mol. The van der Waals surface area contributed by atoms with Gasteiger partial charge in [0.1, 0.15) is 5.75 Å². The molecule has 0 aromatic heterocycles. The van der Waals surface area contributed by atoms with E-state index in [1.807, 2.05) is 37.2 Å². The van der Waals surface area contributed by atoms with Gasteiger partial charge in [-0.3, -0.25) is 0 Å². The number of hydrogen-bond donors (Lipinski definition) is 2. The standard InChI is InChI=1S/C10H16N2O2/c1-12(2)9-4-5-10(14-3)8(6-9)7-11-13/h4-6,11,13H,7H2,1-3H3. The number of rotatable bonds is 4. The van der Waals surface area contributed by atoms with Gasteiger partial charge in [-0.15, -0.1) is 0 Å². The number of ether oxygens (including phenoxy) is 1. The van der Waals surface area contributed by atoms with Gasteiger partial charge in [0.2, 0.25) is 0 Å². The van der Waals surface area contributed by atoms with E-state index < -0.39 is 0 Å². The molecule has 0 spiro atoms. The third kappa shape index (κ3) is 2.37. The van der Waals surface area contributed by atoms with E-state index in [1.54, 1.807) is 7.11 Å². The van der Waals surface area contributed by atoms with Gasteiger partial charge < -0.3 is 14.8 Å². The van der Waals surface area contributed by atoms with Crippen molar-refractivity contribution in [1.29, 1.82) is 0 Å². The molecule has 0 saturated heterocycles. The number of nitrogens with one attached hydrogen (secondary N) is 1. The van der Waals surface area contributed by atoms with E-state index in [4.69, 9.17) is 9.94 Å². The lowest BCUT2D eigenvalue weighted by atomic mass is 10.1. The average molecular weight is 196 g/mol. The minimum atomic E-state index is 0.380. The van der Waals surface area contributed by atoms with Crippen molar-refractivity contribution in [2.24, 2.45) is 0 Å². The van der Waals surface area contributed by atoms with Crippen LogP contribution in [-0.4, -0.2) is 26.4 Å². The third-order valence-corrected chi connectivity index (χ3v) is 2.05. The summed E-state index contributed by atoms with van der Waals surface area (Å²) in [5, 5.41) is 8.65. The Morgan fingerprint density at radius 2 is 2.14 bits per heavy atom. The Kier molecular flexibility index (Phi) is 3.73. The molecule has 0 unspecified atom stereocenters. The molecule has 78 valence electrons. The topological polar surface area (TPSA) is 44.7 Å². The van der Waals surface area contributed by atoms with Crippen LogP contribution in [0.5, 0.6) is 5.75 Å². The third-order valence-electron chi connectivity index (χ3n) is 2.05. The van der Waals surface area contributed by atoms with Crippen molar-refractivity contribution in [1.82, 2.24) is 5.48 Å². The van der Waals surface area contributed by atoms with Gasteiger partial charge in [-0.2, -0.15) is 0 Å². The number of benzene rings is 1. The Morgan fingerprint density at radius 1 is 1.43 bits per heavy atom. The molecule has 4 nitrogen and oxygen atoms in total. The van der Waals surface area contributed by atoms with Gasteiger partial charge in [-0.25, -0.2) is 5.48 Å². The van der Waals surface area contributed by atoms with Crippen LogP contribution in [0.1, 0.15) is 5.56 Å². The fourth-order valence-corrected chi connectivity index (χ4v) is 1.27. The minimum Gasteiger partial charge on any atom is -0.496 e. The maximum Gasteiger partial charge on any atom is 0.123 e. The van der Waals surface area contributed by atoms with E-state index in [2.05, 4.69) is 5.48 Å². The highest BCUT2D eigenvalue weighted by atomic mass is 16.5. The second kappa shape index (κ2) is 4.83. The lowest BCUT2D eigenvalue weighted by Gasteiger charge is -2.15. The highest BCUT2D eigenvalue weighted by molar-refractivity contribution is 5.52. The van der Waals surface area contributed by atoms with E-state index >= 15 is 0 Å². The molecule has 0 radical (unpaired) electrons. The summed E-state index contributed by atoms with van der Waals surface area (Å²) in [7, 11) is 5.56. The van der Waals surface area contributed by atoms with Crippen molar-refractivity contribution >= 4 is 5.69 Å². The van der Waals surface area contributed by atoms with Crippen LogP contribution < -0.4 is 15.1 Å². The predicted molar refractivity (Wildman–Crippen MR) is 55.9 cm³/mol. The van der Waals surface area contributed by atoms with Crippen molar-refractivity contribution in [2.45, 2.75) is 6.54 Å². The molecule has 14 heavy (non-hydrogen) atoms. The van der Waals surface area contributed by atoms with Crippen molar-refractivity contribution in [3.05, 3.63) is 23.8 Å². The molecule has 0 aliphatic heterocycles. The molecule has 0 aliphatic carbocycles. The molecule has 0 saturated carbocycles. The van der Waals surface area contributed by atoms with Crippen LogP contribution in [-0.2, 0) is 6.54 Å². The molecule has 0 amide bonds. The number of hydrogen-bond acceptors (Lipinski definition) is 4. The molecule has 0 fully saturated rings. The second-order valence-corrected chi connectivity index (χ2v) is 3.23. The van der Waals surface area contributed by atoms with E-state index in [1.165, 1.54) is 0 Å². The van der Waals surface area contributed by atoms with Crippen LogP contribution in [0.2, 0.25) is 0 Å². The zero-order valence-electron chi connectivity index (χ0n) is 8.74. The van der Waals surface area contributed by atoms with Crippen LogP contribution >= 0.6 is 0 Å². The van der Waals surface area contributed by atoms with Crippen molar-refractivity contribution in [2.75, 3.05) is 26.1 Å². The number of anilines is 1. The van der Waals surface area contributed by atoms with E-state index in [9.17, 15) is 0 Å². The van der Waals surface area contributed by atoms with E-state index in [0.717, 1.165) is 17.0 Å². The summed E-state index contributed by atoms with van der Waals surface area (Å²) in [5.74, 6) is 0.775. The molecule has 1 aromatic rings. The summed E-state index contributed by atoms with van der Waals surface area (Å²) < 4.78 is 5.16.